The van der Waals surface area contributed by atoms with Gasteiger partial charge < -0.3 is 5.11 Å². The molecule has 56 valence electrons. The third-order valence-corrected chi connectivity index (χ3v) is 2.29. The second-order valence-corrected chi connectivity index (χ2v) is 3.12. The number of carbonyl (C=O) groups is 1. The van der Waals surface area contributed by atoms with Crippen molar-refractivity contribution >= 4 is 5.78 Å². The molecule has 0 heterocycles. The summed E-state index contributed by atoms with van der Waals surface area (Å²) >= 11 is 0. The van der Waals surface area contributed by atoms with E-state index in [0.717, 1.165) is 11.1 Å². The van der Waals surface area contributed by atoms with Gasteiger partial charge in [0.05, 0.1) is 5.60 Å². The molecule has 1 aliphatic rings. The second-order valence-electron chi connectivity index (χ2n) is 3.12. The highest BCUT2D eigenvalue weighted by Gasteiger charge is 2.35. The van der Waals surface area contributed by atoms with Gasteiger partial charge in [-0.2, -0.15) is 0 Å². The van der Waals surface area contributed by atoms with Crippen LogP contribution in [0.1, 0.15) is 27.2 Å². The van der Waals surface area contributed by atoms with E-state index in [1.54, 1.807) is 20.8 Å². The molecule has 0 radical (unpaired) electrons. The lowest BCUT2D eigenvalue weighted by Gasteiger charge is -2.16. The summed E-state index contributed by atoms with van der Waals surface area (Å²) < 4.78 is 0. The molecule has 1 unspecified atom stereocenters. The summed E-state index contributed by atoms with van der Waals surface area (Å²) in [6.45, 7) is 5.25. The Labute approximate surface area is 60.6 Å². The van der Waals surface area contributed by atoms with Gasteiger partial charge in [0.25, 0.3) is 0 Å². The number of hydrogen-bond donors (Lipinski definition) is 1. The maximum atomic E-state index is 11.0. The van der Waals surface area contributed by atoms with Gasteiger partial charge in [-0.3, -0.25) is 4.79 Å². The first-order chi connectivity index (χ1) is 4.45. The van der Waals surface area contributed by atoms with Gasteiger partial charge in [-0.1, -0.05) is 0 Å². The summed E-state index contributed by atoms with van der Waals surface area (Å²) in [5, 5.41) is 9.53. The van der Waals surface area contributed by atoms with E-state index >= 15 is 0 Å². The van der Waals surface area contributed by atoms with Crippen molar-refractivity contribution in [2.45, 2.75) is 32.8 Å². The summed E-state index contributed by atoms with van der Waals surface area (Å²) in [7, 11) is 0. The Kier molecular flexibility index (Phi) is 1.44. The minimum Gasteiger partial charge on any atom is -0.385 e. The second kappa shape index (κ2) is 1.92. The predicted molar refractivity (Wildman–Crippen MR) is 38.6 cm³/mol. The van der Waals surface area contributed by atoms with E-state index in [1.165, 1.54) is 0 Å². The maximum absolute atomic E-state index is 11.0. The Morgan fingerprint density at radius 3 is 2.10 bits per heavy atom. The van der Waals surface area contributed by atoms with Crippen molar-refractivity contribution in [1.82, 2.24) is 0 Å². The quantitative estimate of drug-likeness (QED) is 0.546. The molecule has 0 aromatic rings. The lowest BCUT2D eigenvalue weighted by atomic mass is 10.00. The van der Waals surface area contributed by atoms with Crippen LogP contribution < -0.4 is 0 Å². The van der Waals surface area contributed by atoms with Gasteiger partial charge in [-0.05, 0) is 31.9 Å². The molecule has 2 nitrogen and oxygen atoms in total. The molecule has 0 amide bonds. The van der Waals surface area contributed by atoms with E-state index in [1.807, 2.05) is 0 Å². The van der Waals surface area contributed by atoms with Crippen LogP contribution in [0.15, 0.2) is 11.1 Å². The molecule has 10 heavy (non-hydrogen) atoms. The van der Waals surface area contributed by atoms with Crippen molar-refractivity contribution < 1.29 is 9.90 Å². The van der Waals surface area contributed by atoms with Crippen molar-refractivity contribution in [2.75, 3.05) is 0 Å². The van der Waals surface area contributed by atoms with Crippen molar-refractivity contribution in [3.63, 3.8) is 0 Å². The average Bonchev–Trinajstić information content (AvgIpc) is 1.95. The van der Waals surface area contributed by atoms with Gasteiger partial charge in [0.1, 0.15) is 0 Å². The van der Waals surface area contributed by atoms with E-state index < -0.39 is 5.60 Å². The summed E-state index contributed by atoms with van der Waals surface area (Å²) in [4.78, 5) is 11.0. The van der Waals surface area contributed by atoms with Gasteiger partial charge in [-0.25, -0.2) is 0 Å². The Balaban J connectivity index is 3.06. The van der Waals surface area contributed by atoms with E-state index in [9.17, 15) is 9.90 Å². The minimum absolute atomic E-state index is 0.0718. The zero-order valence-electron chi connectivity index (χ0n) is 6.56. The third kappa shape index (κ3) is 0.886. The molecule has 1 aliphatic carbocycles. The molecule has 0 saturated carbocycles. The smallest absolute Gasteiger partial charge is 0.161 e. The van der Waals surface area contributed by atoms with Crippen LogP contribution in [0.4, 0.5) is 0 Å². The first kappa shape index (κ1) is 7.48. The summed E-state index contributed by atoms with van der Waals surface area (Å²) in [6.07, 6.45) is 0.255. The van der Waals surface area contributed by atoms with Gasteiger partial charge in [0.2, 0.25) is 0 Å². The lowest BCUT2D eigenvalue weighted by Crippen LogP contribution is -2.22. The number of hydrogen-bond acceptors (Lipinski definition) is 2. The first-order valence-corrected chi connectivity index (χ1v) is 3.38. The average molecular weight is 140 g/mol. The molecule has 2 heteroatoms. The molecule has 0 spiro atoms. The molecule has 0 fully saturated rings. The zero-order chi connectivity index (χ0) is 7.94. The standard InChI is InChI=1S/C8H12O2/c1-5-6(2)8(3,10)4-7(5)9/h10H,4H2,1-3H3. The maximum Gasteiger partial charge on any atom is 0.161 e. The molecule has 0 bridgehead atoms. The molecule has 1 rings (SSSR count). The minimum atomic E-state index is -0.874. The Morgan fingerprint density at radius 2 is 2.00 bits per heavy atom. The van der Waals surface area contributed by atoms with Crippen LogP contribution in [-0.4, -0.2) is 16.5 Å². The summed E-state index contributed by atoms with van der Waals surface area (Å²) in [6, 6.07) is 0. The Bertz CT molecular complexity index is 211. The number of allylic oxidation sites excluding steroid dienone is 1. The number of carbonyl (C=O) groups excluding carboxylic acids is 1. The van der Waals surface area contributed by atoms with Crippen molar-refractivity contribution in [3.8, 4) is 0 Å². The molecule has 1 N–H and O–H groups in total. The highest BCUT2D eigenvalue weighted by atomic mass is 16.3. The fourth-order valence-electron chi connectivity index (χ4n) is 1.19. The van der Waals surface area contributed by atoms with E-state index in [2.05, 4.69) is 0 Å². The summed E-state index contributed by atoms with van der Waals surface area (Å²) in [5.74, 6) is 0.0718. The number of rotatable bonds is 0. The topological polar surface area (TPSA) is 37.3 Å². The number of ketones is 1. The predicted octanol–water partition coefficient (Wildman–Crippen LogP) is 1.05. The summed E-state index contributed by atoms with van der Waals surface area (Å²) in [5.41, 5.74) is 0.670. The largest absolute Gasteiger partial charge is 0.385 e. The first-order valence-electron chi connectivity index (χ1n) is 3.38. The third-order valence-electron chi connectivity index (χ3n) is 2.29. The van der Waals surface area contributed by atoms with E-state index in [-0.39, 0.29) is 12.2 Å². The molecule has 0 saturated heterocycles. The van der Waals surface area contributed by atoms with Crippen molar-refractivity contribution in [3.05, 3.63) is 11.1 Å². The molecule has 0 aromatic carbocycles. The number of Topliss-reactive ketones (excluding diaryl/α,β-unsaturated/α-hetero) is 1. The fraction of sp³-hybridized carbons (Fsp3) is 0.625. The van der Waals surface area contributed by atoms with E-state index in [4.69, 9.17) is 0 Å². The van der Waals surface area contributed by atoms with Gasteiger partial charge in [0, 0.05) is 6.42 Å². The van der Waals surface area contributed by atoms with Gasteiger partial charge >= 0.3 is 0 Å². The Morgan fingerprint density at radius 1 is 1.50 bits per heavy atom. The lowest BCUT2D eigenvalue weighted by molar-refractivity contribution is -0.116. The van der Waals surface area contributed by atoms with Crippen LogP contribution in [-0.2, 0) is 4.79 Å². The van der Waals surface area contributed by atoms with Crippen LogP contribution >= 0.6 is 0 Å². The molecular formula is C8H12O2. The normalized spacial score (nSPS) is 33.8. The Hall–Kier alpha value is -0.630. The van der Waals surface area contributed by atoms with Crippen molar-refractivity contribution in [1.29, 1.82) is 0 Å². The van der Waals surface area contributed by atoms with Crippen LogP contribution in [0.2, 0.25) is 0 Å². The molecule has 0 aliphatic heterocycles. The number of aliphatic hydroxyl groups is 1. The zero-order valence-corrected chi connectivity index (χ0v) is 6.56. The molecule has 1 atom stereocenters. The van der Waals surface area contributed by atoms with E-state index in [0.29, 0.717) is 0 Å². The van der Waals surface area contributed by atoms with Crippen LogP contribution in [0.3, 0.4) is 0 Å². The van der Waals surface area contributed by atoms with Crippen molar-refractivity contribution in [2.24, 2.45) is 0 Å². The van der Waals surface area contributed by atoms with Gasteiger partial charge in [-0.15, -0.1) is 0 Å². The SMILES string of the molecule is CC1=C(C)C(C)(O)CC1=O. The molecule has 0 aromatic heterocycles. The van der Waals surface area contributed by atoms with Crippen LogP contribution in [0.25, 0.3) is 0 Å². The van der Waals surface area contributed by atoms with Gasteiger partial charge in [0.15, 0.2) is 5.78 Å². The fourth-order valence-corrected chi connectivity index (χ4v) is 1.19. The highest BCUT2D eigenvalue weighted by Crippen LogP contribution is 2.31. The van der Waals surface area contributed by atoms with Crippen LogP contribution in [0.5, 0.6) is 0 Å². The molecular weight excluding hydrogens is 128 g/mol. The van der Waals surface area contributed by atoms with Crippen LogP contribution in [0, 0.1) is 0 Å². The monoisotopic (exact) mass is 140 g/mol. The highest BCUT2D eigenvalue weighted by molar-refractivity contribution is 5.99.